The van der Waals surface area contributed by atoms with E-state index in [0.29, 0.717) is 29.5 Å². The minimum Gasteiger partial charge on any atom is -0.726 e. The molecule has 390 valence electrons. The van der Waals surface area contributed by atoms with Crippen molar-refractivity contribution in [2.24, 2.45) is 0 Å². The van der Waals surface area contributed by atoms with Crippen LogP contribution in [0.25, 0.3) is 0 Å². The summed E-state index contributed by atoms with van der Waals surface area (Å²) in [6, 6.07) is 4.23. The van der Waals surface area contributed by atoms with Gasteiger partial charge in [0.15, 0.2) is 18.7 Å². The van der Waals surface area contributed by atoms with Crippen LogP contribution in [0.5, 0.6) is 0 Å². The minimum absolute atomic E-state index is 0.215. The normalized spacial score (nSPS) is 29.9. The van der Waals surface area contributed by atoms with Gasteiger partial charge in [0.1, 0.15) is 61.0 Å². The Balaban J connectivity index is 1.48. The minimum atomic E-state index is -6.08. The molecule has 68 heavy (non-hydrogen) atoms. The summed E-state index contributed by atoms with van der Waals surface area (Å²) in [6.45, 7) is -2.22. The zero-order chi connectivity index (χ0) is 50.7. The van der Waals surface area contributed by atoms with E-state index in [-0.39, 0.29) is 5.91 Å². The predicted octanol–water partition coefficient (Wildman–Crippen LogP) is -5.81. The maximum atomic E-state index is 12.5. The number of rotatable bonds is 26. The van der Waals surface area contributed by atoms with Crippen LogP contribution < -0.4 is 21.1 Å². The van der Waals surface area contributed by atoms with Crippen molar-refractivity contribution in [3.8, 4) is 0 Å². The number of anilines is 2. The Morgan fingerprint density at radius 1 is 0.853 bits per heavy atom. The summed E-state index contributed by atoms with van der Waals surface area (Å²) in [5, 5.41) is 84.9. The molecular formula is C34H49N3O26S5-4. The number of aliphatic hydroxyl groups is 6. The van der Waals surface area contributed by atoms with Crippen LogP contribution in [0.4, 0.5) is 11.4 Å². The maximum absolute atomic E-state index is 12.5. The fourth-order valence-corrected chi connectivity index (χ4v) is 11.2. The van der Waals surface area contributed by atoms with Crippen LogP contribution in [0.15, 0.2) is 24.3 Å². The molecule has 3 aliphatic rings. The SMILES string of the molecule is CC(=O)N[C@H]1[C@@H](OC[C@@H](O)[C@@H](O)[C@H](O)[C@@H](O)CNc2cccc(NC(=O)CCCCC3CCSS3)c2)O[C@H](COS(=O)(=O)[O-])[C@H](O)[C@@H]1O[C@@H]1O[C@H](C(=O)[O-])[C@@H](O)[C@H](OS(=O)(=O)[O-])[C@H]1OS(=O)(=O)[O-]. The molecule has 9 N–H and O–H groups in total. The molecule has 0 aliphatic carbocycles. The molecule has 1 aromatic carbocycles. The molecule has 1 aromatic rings. The largest absolute Gasteiger partial charge is 0.726 e. The molecule has 3 aliphatic heterocycles. The zero-order valence-corrected chi connectivity index (χ0v) is 39.3. The topological polar surface area (TPSA) is 468 Å². The molecule has 3 heterocycles. The second kappa shape index (κ2) is 25.6. The first-order valence-electron chi connectivity index (χ1n) is 20.1. The Labute approximate surface area is 396 Å². The number of carboxylic acid groups (broad SMARTS) is 1. The highest BCUT2D eigenvalue weighted by Gasteiger charge is 2.55. The van der Waals surface area contributed by atoms with Crippen molar-refractivity contribution in [3.63, 3.8) is 0 Å². The maximum Gasteiger partial charge on any atom is 0.224 e. The second-order valence-electron chi connectivity index (χ2n) is 15.3. The highest BCUT2D eigenvalue weighted by Crippen LogP contribution is 2.40. The predicted molar refractivity (Wildman–Crippen MR) is 222 cm³/mol. The van der Waals surface area contributed by atoms with Crippen LogP contribution in [-0.2, 0) is 77.1 Å². The van der Waals surface area contributed by atoms with Gasteiger partial charge in [-0.2, -0.15) is 0 Å². The molecule has 0 bridgehead atoms. The van der Waals surface area contributed by atoms with E-state index in [1.807, 2.05) is 21.6 Å². The zero-order valence-electron chi connectivity index (χ0n) is 35.2. The Kier molecular flexibility index (Phi) is 21.8. The third-order valence-corrected chi connectivity index (χ3v) is 14.4. The molecule has 4 rings (SSSR count). The highest BCUT2D eigenvalue weighted by molar-refractivity contribution is 8.77. The van der Waals surface area contributed by atoms with Crippen molar-refractivity contribution in [3.05, 3.63) is 24.3 Å². The number of amides is 2. The lowest BCUT2D eigenvalue weighted by atomic mass is 9.95. The van der Waals surface area contributed by atoms with E-state index in [1.165, 1.54) is 6.07 Å². The average molecular weight is 1080 g/mol. The lowest BCUT2D eigenvalue weighted by Crippen LogP contribution is -2.69. The average Bonchev–Trinajstić information content (AvgIpc) is 3.76. The summed E-state index contributed by atoms with van der Waals surface area (Å²) in [5.41, 5.74) is 0.777. The number of aliphatic hydroxyl groups excluding tert-OH is 6. The number of ether oxygens (including phenoxy) is 4. The number of unbranched alkanes of at least 4 members (excludes halogenated alkanes) is 1. The third-order valence-electron chi connectivity index (χ3n) is 10.1. The first-order chi connectivity index (χ1) is 31.6. The van der Waals surface area contributed by atoms with Gasteiger partial charge in [0, 0.05) is 42.3 Å². The van der Waals surface area contributed by atoms with E-state index in [1.54, 1.807) is 18.2 Å². The number of aliphatic carboxylic acids is 1. The standard InChI is InChI=1S/C34H53N3O26S5/c1-15(38)36-23-28(60-34-31(63-68(54,55)56)29(62-67(51,52)53)27(45)30(61-34)32(46)47)26(44)21(14-58-66(48,49)50)59-33(23)57-13-20(40)25(43)24(42)19(39)12-35-16-5-4-6-17(11-16)37-22(41)8-3-2-7-18-9-10-64-65-18/h4-6,11,18-21,23-31,33-35,39-40,42-45H,2-3,7-10,12-14H2,1H3,(H,36,38)(H,37,41)(H,46,47)(H,48,49,50)(H,51,52,53)(H,54,55,56)/p-4/t18?,19-,20+,21+,23+,24+,25+,26-,27-,28+,29-,30-,31+,33-,34+/m0/s1. The lowest BCUT2D eigenvalue weighted by molar-refractivity contribution is -0.361. The molecule has 15 atom stereocenters. The van der Waals surface area contributed by atoms with Gasteiger partial charge < -0.3 is 89.1 Å². The summed E-state index contributed by atoms with van der Waals surface area (Å²) >= 11 is 0. The second-order valence-corrected chi connectivity index (χ2v) is 21.1. The van der Waals surface area contributed by atoms with E-state index in [2.05, 4.69) is 28.5 Å². The van der Waals surface area contributed by atoms with Crippen molar-refractivity contribution < 1.29 is 121 Å². The fraction of sp³-hybridized carbons (Fsp3) is 0.735. The smallest absolute Gasteiger partial charge is 0.224 e. The molecule has 0 aromatic heterocycles. The number of hydrogen-bond donors (Lipinski definition) is 9. The molecule has 0 spiro atoms. The van der Waals surface area contributed by atoms with E-state index in [4.69, 9.17) is 18.9 Å². The van der Waals surface area contributed by atoms with Crippen molar-refractivity contribution in [1.82, 2.24) is 5.32 Å². The summed E-state index contributed by atoms with van der Waals surface area (Å²) in [4.78, 5) is 36.8. The molecule has 34 heteroatoms. The molecule has 0 radical (unpaired) electrons. The number of carboxylic acids is 1. The van der Waals surface area contributed by atoms with Gasteiger partial charge in [-0.15, -0.1) is 0 Å². The van der Waals surface area contributed by atoms with E-state index in [9.17, 15) is 89.0 Å². The van der Waals surface area contributed by atoms with Crippen LogP contribution in [0, 0.1) is 0 Å². The number of carbonyl (C=O) groups is 3. The van der Waals surface area contributed by atoms with Crippen LogP contribution >= 0.6 is 21.6 Å². The van der Waals surface area contributed by atoms with Crippen LogP contribution in [-0.4, -0.2) is 204 Å². The molecule has 2 amide bonds. The number of carbonyl (C=O) groups excluding carboxylic acids is 3. The van der Waals surface area contributed by atoms with E-state index in [0.717, 1.165) is 31.9 Å². The fourth-order valence-electron chi connectivity index (χ4n) is 6.91. The van der Waals surface area contributed by atoms with Gasteiger partial charge in [-0.25, -0.2) is 25.3 Å². The van der Waals surface area contributed by atoms with Crippen molar-refractivity contribution in [2.75, 3.05) is 36.1 Å². The number of nitrogens with one attached hydrogen (secondary N) is 3. The Morgan fingerprint density at radius 3 is 2.10 bits per heavy atom. The van der Waals surface area contributed by atoms with E-state index >= 15 is 0 Å². The molecule has 0 saturated carbocycles. The van der Waals surface area contributed by atoms with Crippen LogP contribution in [0.3, 0.4) is 0 Å². The Morgan fingerprint density at radius 2 is 1.50 bits per heavy atom. The Hall–Kier alpha value is -2.66. The highest BCUT2D eigenvalue weighted by atomic mass is 33.1. The monoisotopic (exact) mass is 1080 g/mol. The van der Waals surface area contributed by atoms with Crippen molar-refractivity contribution in [1.29, 1.82) is 0 Å². The van der Waals surface area contributed by atoms with Gasteiger partial charge in [-0.1, -0.05) is 34.1 Å². The van der Waals surface area contributed by atoms with Gasteiger partial charge in [0.2, 0.25) is 43.0 Å². The Bertz CT molecular complexity index is 2170. The van der Waals surface area contributed by atoms with Crippen molar-refractivity contribution in [2.45, 2.75) is 130 Å². The summed E-state index contributed by atoms with van der Waals surface area (Å²) in [6.07, 6.45) is -28.1. The van der Waals surface area contributed by atoms with Crippen LogP contribution in [0.1, 0.15) is 39.0 Å². The summed E-state index contributed by atoms with van der Waals surface area (Å²) < 4.78 is 137. The molecule has 29 nitrogen and oxygen atoms in total. The lowest BCUT2D eigenvalue weighted by Gasteiger charge is -2.49. The molecule has 3 saturated heterocycles. The van der Waals surface area contributed by atoms with E-state index < -0.39 is 149 Å². The molecule has 3 fully saturated rings. The molecule has 1 unspecified atom stereocenters. The van der Waals surface area contributed by atoms with Gasteiger partial charge >= 0.3 is 0 Å². The van der Waals surface area contributed by atoms with Gasteiger partial charge in [0.25, 0.3) is 0 Å². The van der Waals surface area contributed by atoms with Gasteiger partial charge in [-0.05, 0) is 37.5 Å². The summed E-state index contributed by atoms with van der Waals surface area (Å²) in [5.74, 6) is -2.57. The third kappa shape index (κ3) is 18.5. The van der Waals surface area contributed by atoms with Gasteiger partial charge in [-0.3, -0.25) is 22.1 Å². The van der Waals surface area contributed by atoms with Crippen molar-refractivity contribution >= 4 is 81.9 Å². The first kappa shape index (κ1) is 57.9. The summed E-state index contributed by atoms with van der Waals surface area (Å²) in [7, 11) is -14.0. The molecular weight excluding hydrogens is 1030 g/mol. The number of hydrogen-bond acceptors (Lipinski definition) is 29. The van der Waals surface area contributed by atoms with Crippen LogP contribution in [0.2, 0.25) is 0 Å². The van der Waals surface area contributed by atoms with Gasteiger partial charge in [0.05, 0.1) is 25.3 Å². The number of benzene rings is 1. The quantitative estimate of drug-likeness (QED) is 0.0181. The first-order valence-corrected chi connectivity index (χ1v) is 26.5.